The standard InChI is InChI=1S/C19H20ClN5O/c1-11(2)17-22-23-18-12(3)24(9-10-25(17)18)19(26)14-6-7-15(20)16-13(14)5-4-8-21-16/h4-8,11-12H,9-10H2,1-3H3. The fourth-order valence-electron chi connectivity index (χ4n) is 3.59. The lowest BCUT2D eigenvalue weighted by molar-refractivity contribution is 0.0638. The third-order valence-electron chi connectivity index (χ3n) is 4.94. The normalized spacial score (nSPS) is 17.0. The first-order chi connectivity index (χ1) is 12.5. The lowest BCUT2D eigenvalue weighted by Gasteiger charge is -2.34. The Balaban J connectivity index is 1.73. The second kappa shape index (κ2) is 6.36. The molecular formula is C19H20ClN5O. The summed E-state index contributed by atoms with van der Waals surface area (Å²) in [5.41, 5.74) is 1.26. The minimum atomic E-state index is -0.140. The topological polar surface area (TPSA) is 63.9 Å². The van der Waals surface area contributed by atoms with Gasteiger partial charge in [-0.3, -0.25) is 9.78 Å². The van der Waals surface area contributed by atoms with Crippen LogP contribution in [0.4, 0.5) is 0 Å². The Kier molecular flexibility index (Phi) is 4.15. The summed E-state index contributed by atoms with van der Waals surface area (Å²) in [4.78, 5) is 19.5. The van der Waals surface area contributed by atoms with Gasteiger partial charge in [0.1, 0.15) is 5.82 Å². The molecule has 134 valence electrons. The number of benzene rings is 1. The quantitative estimate of drug-likeness (QED) is 0.688. The summed E-state index contributed by atoms with van der Waals surface area (Å²) in [5, 5.41) is 9.99. The van der Waals surface area contributed by atoms with E-state index in [-0.39, 0.29) is 11.9 Å². The number of rotatable bonds is 2. The van der Waals surface area contributed by atoms with Crippen LogP contribution in [0.2, 0.25) is 5.02 Å². The fourth-order valence-corrected chi connectivity index (χ4v) is 3.80. The second-order valence-corrected chi connectivity index (χ2v) is 7.30. The monoisotopic (exact) mass is 369 g/mol. The molecule has 1 aliphatic rings. The molecule has 1 unspecified atom stereocenters. The summed E-state index contributed by atoms with van der Waals surface area (Å²) >= 11 is 6.24. The molecule has 0 saturated heterocycles. The predicted molar refractivity (Wildman–Crippen MR) is 100 cm³/mol. The zero-order valence-electron chi connectivity index (χ0n) is 15.0. The van der Waals surface area contributed by atoms with Crippen molar-refractivity contribution in [3.05, 3.63) is 52.7 Å². The average molecular weight is 370 g/mol. The molecule has 1 amide bonds. The van der Waals surface area contributed by atoms with Gasteiger partial charge in [0.05, 0.1) is 16.6 Å². The molecular weight excluding hydrogens is 350 g/mol. The van der Waals surface area contributed by atoms with Gasteiger partial charge in [0.2, 0.25) is 0 Å². The van der Waals surface area contributed by atoms with Crippen molar-refractivity contribution in [2.45, 2.75) is 39.3 Å². The molecule has 1 atom stereocenters. The van der Waals surface area contributed by atoms with Crippen molar-refractivity contribution in [2.75, 3.05) is 6.54 Å². The number of pyridine rings is 1. The highest BCUT2D eigenvalue weighted by molar-refractivity contribution is 6.35. The van der Waals surface area contributed by atoms with E-state index < -0.39 is 0 Å². The molecule has 3 aromatic rings. The highest BCUT2D eigenvalue weighted by atomic mass is 35.5. The van der Waals surface area contributed by atoms with E-state index in [9.17, 15) is 4.79 Å². The smallest absolute Gasteiger partial charge is 0.255 e. The molecule has 6 nitrogen and oxygen atoms in total. The van der Waals surface area contributed by atoms with Crippen LogP contribution in [-0.4, -0.2) is 37.1 Å². The maximum absolute atomic E-state index is 13.3. The largest absolute Gasteiger partial charge is 0.327 e. The highest BCUT2D eigenvalue weighted by Crippen LogP contribution is 2.31. The maximum atomic E-state index is 13.3. The van der Waals surface area contributed by atoms with Crippen LogP contribution >= 0.6 is 11.6 Å². The van der Waals surface area contributed by atoms with Crippen molar-refractivity contribution in [1.29, 1.82) is 0 Å². The van der Waals surface area contributed by atoms with Crippen molar-refractivity contribution in [2.24, 2.45) is 0 Å². The number of hydrogen-bond acceptors (Lipinski definition) is 4. The molecule has 26 heavy (non-hydrogen) atoms. The molecule has 0 N–H and O–H groups in total. The summed E-state index contributed by atoms with van der Waals surface area (Å²) < 4.78 is 2.14. The van der Waals surface area contributed by atoms with Gasteiger partial charge in [0, 0.05) is 36.2 Å². The van der Waals surface area contributed by atoms with Gasteiger partial charge < -0.3 is 9.47 Å². The van der Waals surface area contributed by atoms with Crippen LogP contribution in [0.3, 0.4) is 0 Å². The summed E-state index contributed by atoms with van der Waals surface area (Å²) in [7, 11) is 0. The lowest BCUT2D eigenvalue weighted by atomic mass is 10.1. The molecule has 0 fully saturated rings. The number of hydrogen-bond donors (Lipinski definition) is 0. The first kappa shape index (κ1) is 17.0. The van der Waals surface area contributed by atoms with Gasteiger partial charge in [-0.05, 0) is 25.1 Å². The third kappa shape index (κ3) is 2.56. The number of amides is 1. The molecule has 7 heteroatoms. The molecule has 4 rings (SSSR count). The average Bonchev–Trinajstić information content (AvgIpc) is 3.07. The first-order valence-corrected chi connectivity index (χ1v) is 9.14. The van der Waals surface area contributed by atoms with Crippen LogP contribution in [0.1, 0.15) is 54.7 Å². The predicted octanol–water partition coefficient (Wildman–Crippen LogP) is 3.82. The third-order valence-corrected chi connectivity index (χ3v) is 5.25. The molecule has 2 aromatic heterocycles. The van der Waals surface area contributed by atoms with Crippen LogP contribution in [0.25, 0.3) is 10.9 Å². The van der Waals surface area contributed by atoms with Gasteiger partial charge >= 0.3 is 0 Å². The van der Waals surface area contributed by atoms with Gasteiger partial charge in [0.25, 0.3) is 5.91 Å². The number of carbonyl (C=O) groups is 1. The summed E-state index contributed by atoms with van der Waals surface area (Å²) in [6.07, 6.45) is 1.68. The maximum Gasteiger partial charge on any atom is 0.255 e. The Bertz CT molecular complexity index is 997. The van der Waals surface area contributed by atoms with Crippen molar-refractivity contribution < 1.29 is 4.79 Å². The molecule has 0 bridgehead atoms. The van der Waals surface area contributed by atoms with E-state index in [0.717, 1.165) is 17.0 Å². The zero-order chi connectivity index (χ0) is 18.4. The van der Waals surface area contributed by atoms with E-state index in [1.807, 2.05) is 24.0 Å². The zero-order valence-corrected chi connectivity index (χ0v) is 15.7. The molecule has 1 aliphatic heterocycles. The molecule has 0 spiro atoms. The fraction of sp³-hybridized carbons (Fsp3) is 0.368. The Morgan fingerprint density at radius 1 is 1.23 bits per heavy atom. The highest BCUT2D eigenvalue weighted by Gasteiger charge is 2.32. The summed E-state index contributed by atoms with van der Waals surface area (Å²) in [5.74, 6) is 2.08. The molecule has 3 heterocycles. The van der Waals surface area contributed by atoms with Gasteiger partial charge in [0.15, 0.2) is 5.82 Å². The second-order valence-electron chi connectivity index (χ2n) is 6.89. The van der Waals surface area contributed by atoms with Gasteiger partial charge in [-0.1, -0.05) is 31.5 Å². The Labute approximate surface area is 156 Å². The van der Waals surface area contributed by atoms with Gasteiger partial charge in [-0.15, -0.1) is 10.2 Å². The van der Waals surface area contributed by atoms with E-state index in [2.05, 4.69) is 33.6 Å². The number of fused-ring (bicyclic) bond motifs is 2. The van der Waals surface area contributed by atoms with E-state index >= 15 is 0 Å². The van der Waals surface area contributed by atoms with Crippen molar-refractivity contribution >= 4 is 28.4 Å². The van der Waals surface area contributed by atoms with E-state index in [1.165, 1.54) is 0 Å². The van der Waals surface area contributed by atoms with E-state index in [0.29, 0.717) is 35.1 Å². The van der Waals surface area contributed by atoms with Gasteiger partial charge in [-0.2, -0.15) is 0 Å². The Morgan fingerprint density at radius 3 is 2.81 bits per heavy atom. The van der Waals surface area contributed by atoms with E-state index in [4.69, 9.17) is 11.6 Å². The minimum absolute atomic E-state index is 0.0347. The number of carbonyl (C=O) groups excluding carboxylic acids is 1. The number of aromatic nitrogens is 4. The summed E-state index contributed by atoms with van der Waals surface area (Å²) in [6.45, 7) is 7.53. The summed E-state index contributed by atoms with van der Waals surface area (Å²) in [6, 6.07) is 7.08. The van der Waals surface area contributed by atoms with Crippen LogP contribution in [0, 0.1) is 0 Å². The van der Waals surface area contributed by atoms with Gasteiger partial charge in [-0.25, -0.2) is 0 Å². The number of halogens is 1. The SMILES string of the molecule is CC(C)c1nnc2n1CCN(C(=O)c1ccc(Cl)c3ncccc13)C2C. The minimum Gasteiger partial charge on any atom is -0.327 e. The number of nitrogens with zero attached hydrogens (tertiary/aromatic N) is 5. The Hall–Kier alpha value is -2.47. The van der Waals surface area contributed by atoms with E-state index in [1.54, 1.807) is 18.3 Å². The lowest BCUT2D eigenvalue weighted by Crippen LogP contribution is -2.41. The first-order valence-electron chi connectivity index (χ1n) is 8.76. The van der Waals surface area contributed by atoms with Crippen molar-refractivity contribution in [1.82, 2.24) is 24.6 Å². The molecule has 0 radical (unpaired) electrons. The van der Waals surface area contributed by atoms with Crippen LogP contribution in [0.15, 0.2) is 30.5 Å². The molecule has 0 saturated carbocycles. The van der Waals surface area contributed by atoms with Crippen LogP contribution in [0.5, 0.6) is 0 Å². The van der Waals surface area contributed by atoms with Crippen molar-refractivity contribution in [3.8, 4) is 0 Å². The van der Waals surface area contributed by atoms with Crippen LogP contribution in [-0.2, 0) is 6.54 Å². The van der Waals surface area contributed by atoms with Crippen molar-refractivity contribution in [3.63, 3.8) is 0 Å². The molecule has 1 aromatic carbocycles. The van der Waals surface area contributed by atoms with Crippen LogP contribution < -0.4 is 0 Å². The Morgan fingerprint density at radius 2 is 2.04 bits per heavy atom. The molecule has 0 aliphatic carbocycles.